The molecule has 0 bridgehead atoms. The van der Waals surface area contributed by atoms with E-state index < -0.39 is 0 Å². The number of benzene rings is 2. The Morgan fingerprint density at radius 3 is 2.52 bits per heavy atom. The zero-order valence-electron chi connectivity index (χ0n) is 18.4. The first kappa shape index (κ1) is 21.4. The SMILES string of the molecule is CCn1c(=O)c2ccccc2n2c(CSc3nnc(-c4ccccc4)n3CCOC)nnc12. The molecule has 2 aromatic carbocycles. The van der Waals surface area contributed by atoms with Crippen molar-refractivity contribution in [1.29, 1.82) is 0 Å². The van der Waals surface area contributed by atoms with Gasteiger partial charge in [-0.15, -0.1) is 20.4 Å². The van der Waals surface area contributed by atoms with Crippen LogP contribution in [0.4, 0.5) is 0 Å². The summed E-state index contributed by atoms with van der Waals surface area (Å²) in [6.07, 6.45) is 0. The Bertz CT molecular complexity index is 1470. The molecule has 0 saturated carbocycles. The summed E-state index contributed by atoms with van der Waals surface area (Å²) in [7, 11) is 1.68. The number of hydrogen-bond acceptors (Lipinski definition) is 7. The van der Waals surface area contributed by atoms with Crippen molar-refractivity contribution >= 4 is 28.4 Å². The minimum absolute atomic E-state index is 0.0565. The van der Waals surface area contributed by atoms with Crippen molar-refractivity contribution in [1.82, 2.24) is 33.9 Å². The van der Waals surface area contributed by atoms with Crippen LogP contribution in [0, 0.1) is 0 Å². The van der Waals surface area contributed by atoms with Gasteiger partial charge < -0.3 is 4.74 Å². The zero-order chi connectivity index (χ0) is 22.8. The molecule has 0 spiro atoms. The number of aromatic nitrogens is 7. The second-order valence-electron chi connectivity index (χ2n) is 7.42. The summed E-state index contributed by atoms with van der Waals surface area (Å²) < 4.78 is 11.0. The highest BCUT2D eigenvalue weighted by Gasteiger charge is 2.18. The van der Waals surface area contributed by atoms with E-state index in [0.29, 0.717) is 36.6 Å². The van der Waals surface area contributed by atoms with Gasteiger partial charge in [0.15, 0.2) is 11.0 Å². The number of rotatable bonds is 8. The predicted molar refractivity (Wildman–Crippen MR) is 127 cm³/mol. The topological polar surface area (TPSA) is 92.1 Å². The predicted octanol–water partition coefficient (Wildman–Crippen LogP) is 3.26. The summed E-state index contributed by atoms with van der Waals surface area (Å²) in [5.41, 5.74) is 1.74. The lowest BCUT2D eigenvalue weighted by atomic mass is 10.2. The van der Waals surface area contributed by atoms with Crippen molar-refractivity contribution in [3.05, 3.63) is 70.8 Å². The van der Waals surface area contributed by atoms with Crippen molar-refractivity contribution in [2.24, 2.45) is 0 Å². The largest absolute Gasteiger partial charge is 0.383 e. The summed E-state index contributed by atoms with van der Waals surface area (Å²) in [5.74, 6) is 2.61. The summed E-state index contributed by atoms with van der Waals surface area (Å²) >= 11 is 1.53. The maximum Gasteiger partial charge on any atom is 0.262 e. The van der Waals surface area contributed by atoms with E-state index in [2.05, 4.69) is 25.0 Å². The lowest BCUT2D eigenvalue weighted by Gasteiger charge is -2.11. The second kappa shape index (κ2) is 9.16. The van der Waals surface area contributed by atoms with E-state index in [1.54, 1.807) is 11.7 Å². The first-order chi connectivity index (χ1) is 16.2. The van der Waals surface area contributed by atoms with Gasteiger partial charge in [-0.05, 0) is 19.1 Å². The van der Waals surface area contributed by atoms with E-state index >= 15 is 0 Å². The smallest absolute Gasteiger partial charge is 0.262 e. The second-order valence-corrected chi connectivity index (χ2v) is 8.37. The number of ether oxygens (including phenoxy) is 1. The van der Waals surface area contributed by atoms with Gasteiger partial charge >= 0.3 is 0 Å². The summed E-state index contributed by atoms with van der Waals surface area (Å²) in [6.45, 7) is 3.63. The number of aryl methyl sites for hydroxylation is 1. The van der Waals surface area contributed by atoms with Crippen LogP contribution < -0.4 is 5.56 Å². The normalized spacial score (nSPS) is 11.6. The minimum atomic E-state index is -0.0565. The quantitative estimate of drug-likeness (QED) is 0.328. The van der Waals surface area contributed by atoms with Gasteiger partial charge in [0.05, 0.1) is 29.8 Å². The average Bonchev–Trinajstić information content (AvgIpc) is 3.46. The fourth-order valence-electron chi connectivity index (χ4n) is 3.90. The maximum atomic E-state index is 12.9. The van der Waals surface area contributed by atoms with E-state index in [1.807, 2.05) is 65.9 Å². The molecular formula is C23H23N7O2S. The third kappa shape index (κ3) is 3.81. The molecule has 5 rings (SSSR count). The standard InChI is InChI=1S/C23H23N7O2S/c1-3-28-21(31)17-11-7-8-12-18(17)30-19(24-26-22(28)30)15-33-23-27-25-20(29(23)13-14-32-2)16-9-5-4-6-10-16/h4-12H,3,13-15H2,1-2H3. The Morgan fingerprint density at radius 2 is 1.73 bits per heavy atom. The molecule has 3 aromatic heterocycles. The molecule has 0 amide bonds. The number of methoxy groups -OCH3 is 1. The van der Waals surface area contributed by atoms with Gasteiger partial charge in [0.2, 0.25) is 5.78 Å². The Kier molecular flexibility index (Phi) is 5.93. The molecule has 0 aliphatic rings. The van der Waals surface area contributed by atoms with Crippen LogP contribution in [0.25, 0.3) is 28.1 Å². The van der Waals surface area contributed by atoms with Crippen molar-refractivity contribution in [3.8, 4) is 11.4 Å². The van der Waals surface area contributed by atoms with Crippen LogP contribution in [0.3, 0.4) is 0 Å². The molecule has 0 fully saturated rings. The van der Waals surface area contributed by atoms with E-state index in [1.165, 1.54) is 11.8 Å². The van der Waals surface area contributed by atoms with Crippen LogP contribution in [0.2, 0.25) is 0 Å². The molecule has 9 nitrogen and oxygen atoms in total. The molecule has 5 aromatic rings. The minimum Gasteiger partial charge on any atom is -0.383 e. The highest BCUT2D eigenvalue weighted by atomic mass is 32.2. The highest BCUT2D eigenvalue weighted by Crippen LogP contribution is 2.27. The van der Waals surface area contributed by atoms with Crippen LogP contribution in [-0.4, -0.2) is 47.6 Å². The van der Waals surface area contributed by atoms with Crippen molar-refractivity contribution in [2.45, 2.75) is 30.9 Å². The Morgan fingerprint density at radius 1 is 0.939 bits per heavy atom. The monoisotopic (exact) mass is 461 g/mol. The van der Waals surface area contributed by atoms with Crippen molar-refractivity contribution in [2.75, 3.05) is 13.7 Å². The van der Waals surface area contributed by atoms with E-state index in [9.17, 15) is 4.79 Å². The van der Waals surface area contributed by atoms with Crippen LogP contribution in [-0.2, 0) is 23.6 Å². The van der Waals surface area contributed by atoms with Crippen molar-refractivity contribution in [3.63, 3.8) is 0 Å². The molecule has 0 aliphatic carbocycles. The van der Waals surface area contributed by atoms with Crippen LogP contribution in [0.5, 0.6) is 0 Å². The van der Waals surface area contributed by atoms with E-state index in [4.69, 9.17) is 4.74 Å². The summed E-state index contributed by atoms with van der Waals surface area (Å²) in [4.78, 5) is 12.9. The van der Waals surface area contributed by atoms with Gasteiger partial charge in [-0.1, -0.05) is 54.2 Å². The van der Waals surface area contributed by atoms with Crippen molar-refractivity contribution < 1.29 is 4.74 Å². The van der Waals surface area contributed by atoms with Gasteiger partial charge in [0.25, 0.3) is 5.56 Å². The average molecular weight is 462 g/mol. The molecule has 0 saturated heterocycles. The molecule has 0 N–H and O–H groups in total. The number of hydrogen-bond donors (Lipinski definition) is 0. The molecular weight excluding hydrogens is 438 g/mol. The Balaban J connectivity index is 1.54. The van der Waals surface area contributed by atoms with Crippen LogP contribution in [0.1, 0.15) is 12.7 Å². The number of nitrogens with zero attached hydrogens (tertiary/aromatic N) is 7. The fourth-order valence-corrected chi connectivity index (χ4v) is 4.78. The Labute approximate surface area is 194 Å². The summed E-state index contributed by atoms with van der Waals surface area (Å²) in [5, 5.41) is 19.1. The molecule has 10 heteroatoms. The lowest BCUT2D eigenvalue weighted by molar-refractivity contribution is 0.185. The molecule has 0 unspecified atom stereocenters. The zero-order valence-corrected chi connectivity index (χ0v) is 19.2. The number of fused-ring (bicyclic) bond motifs is 3. The van der Waals surface area contributed by atoms with Crippen LogP contribution in [0.15, 0.2) is 64.5 Å². The van der Waals surface area contributed by atoms with Gasteiger partial charge in [0, 0.05) is 19.2 Å². The Hall–Kier alpha value is -3.50. The van der Waals surface area contributed by atoms with Gasteiger partial charge in [-0.3, -0.25) is 18.3 Å². The third-order valence-corrected chi connectivity index (χ3v) is 6.45. The maximum absolute atomic E-state index is 12.9. The molecule has 0 radical (unpaired) electrons. The molecule has 0 aliphatic heterocycles. The fraction of sp³-hybridized carbons (Fsp3) is 0.261. The van der Waals surface area contributed by atoms with E-state index in [-0.39, 0.29) is 5.56 Å². The van der Waals surface area contributed by atoms with Gasteiger partial charge in [-0.2, -0.15) is 0 Å². The molecule has 3 heterocycles. The first-order valence-electron chi connectivity index (χ1n) is 10.7. The highest BCUT2D eigenvalue weighted by molar-refractivity contribution is 7.98. The number of thioether (sulfide) groups is 1. The van der Waals surface area contributed by atoms with Crippen LogP contribution >= 0.6 is 11.8 Å². The molecule has 0 atom stereocenters. The van der Waals surface area contributed by atoms with E-state index in [0.717, 1.165) is 27.9 Å². The summed E-state index contributed by atoms with van der Waals surface area (Å²) in [6, 6.07) is 17.5. The third-order valence-electron chi connectivity index (χ3n) is 5.49. The van der Waals surface area contributed by atoms with Gasteiger partial charge in [0.1, 0.15) is 5.82 Å². The van der Waals surface area contributed by atoms with Gasteiger partial charge in [-0.25, -0.2) is 0 Å². The molecule has 168 valence electrons. The first-order valence-corrected chi connectivity index (χ1v) is 11.7. The molecule has 33 heavy (non-hydrogen) atoms. The lowest BCUT2D eigenvalue weighted by Crippen LogP contribution is -2.22. The number of para-hydroxylation sites is 1.